The molecule has 0 aromatic heterocycles. The fourth-order valence-corrected chi connectivity index (χ4v) is 4.45. The van der Waals surface area contributed by atoms with Gasteiger partial charge < -0.3 is 0 Å². The summed E-state index contributed by atoms with van der Waals surface area (Å²) in [6, 6.07) is 16.9. The zero-order valence-corrected chi connectivity index (χ0v) is 15.9. The molecule has 2 aromatic rings. The van der Waals surface area contributed by atoms with Crippen molar-refractivity contribution in [1.82, 2.24) is 4.31 Å². The lowest BCUT2D eigenvalue weighted by molar-refractivity contribution is 0.513. The van der Waals surface area contributed by atoms with Crippen LogP contribution in [0.3, 0.4) is 0 Å². The maximum absolute atomic E-state index is 12.5. The number of benzene rings is 2. The molecule has 5 nitrogen and oxygen atoms in total. The predicted octanol–water partition coefficient (Wildman–Crippen LogP) is 2.29. The predicted molar refractivity (Wildman–Crippen MR) is 103 cm³/mol. The first-order valence-corrected chi connectivity index (χ1v) is 11.2. The molecule has 0 aliphatic carbocycles. The van der Waals surface area contributed by atoms with E-state index in [-0.39, 0.29) is 17.1 Å². The van der Waals surface area contributed by atoms with Gasteiger partial charge in [0.05, 0.1) is 23.4 Å². The van der Waals surface area contributed by atoms with Crippen LogP contribution in [0.5, 0.6) is 0 Å². The van der Waals surface area contributed by atoms with Gasteiger partial charge in [-0.1, -0.05) is 54.8 Å². The van der Waals surface area contributed by atoms with E-state index in [4.69, 9.17) is 0 Å². The third kappa shape index (κ3) is 5.48. The van der Waals surface area contributed by atoms with Gasteiger partial charge >= 0.3 is 0 Å². The van der Waals surface area contributed by atoms with Crippen LogP contribution in [0.2, 0.25) is 0 Å². The van der Waals surface area contributed by atoms with Gasteiger partial charge in [0.2, 0.25) is 10.0 Å². The molecule has 0 N–H and O–H groups in total. The largest absolute Gasteiger partial charge is 0.262 e. The van der Waals surface area contributed by atoms with Crippen LogP contribution < -0.4 is 0 Å². The van der Waals surface area contributed by atoms with Crippen molar-refractivity contribution in [1.29, 1.82) is 0 Å². The first kappa shape index (κ1) is 19.8. The highest BCUT2D eigenvalue weighted by Gasteiger charge is 2.23. The molecule has 0 amide bonds. The normalized spacial score (nSPS) is 11.3. The molecule has 0 radical (unpaired) electrons. The van der Waals surface area contributed by atoms with E-state index in [1.165, 1.54) is 12.1 Å². The monoisotopic (exact) mass is 389 g/mol. The average molecular weight is 389 g/mol. The van der Waals surface area contributed by atoms with E-state index in [1.807, 2.05) is 18.2 Å². The molecule has 7 heteroatoms. The van der Waals surface area contributed by atoms with Crippen molar-refractivity contribution < 1.29 is 16.8 Å². The van der Waals surface area contributed by atoms with Gasteiger partial charge in [-0.25, -0.2) is 16.8 Å². The molecule has 0 fully saturated rings. The van der Waals surface area contributed by atoms with Crippen LogP contribution >= 0.6 is 0 Å². The van der Waals surface area contributed by atoms with E-state index in [0.717, 1.165) is 16.1 Å². The fraction of sp³-hybridized carbons (Fsp3) is 0.158. The zero-order valence-electron chi connectivity index (χ0n) is 14.3. The first-order valence-electron chi connectivity index (χ1n) is 7.67. The van der Waals surface area contributed by atoms with Gasteiger partial charge in [0.1, 0.15) is 0 Å². The standard InChI is InChI=1S/C19H19NO4S2/c1-17(16-26(23,24)19-13-7-4-8-14-19)20(25(2,21)22)15-9-12-18-10-5-3-6-11-18/h3-8,10-11,13-14H,1,15-16H2,2H3. The summed E-state index contributed by atoms with van der Waals surface area (Å²) in [5.74, 6) is 5.10. The van der Waals surface area contributed by atoms with Crippen LogP contribution in [-0.2, 0) is 19.9 Å². The third-order valence-electron chi connectivity index (χ3n) is 3.44. The summed E-state index contributed by atoms with van der Waals surface area (Å²) in [5, 5.41) is 0. The summed E-state index contributed by atoms with van der Waals surface area (Å²) in [6.45, 7) is 3.49. The van der Waals surface area contributed by atoms with E-state index in [2.05, 4.69) is 18.4 Å². The number of hydrogen-bond donors (Lipinski definition) is 0. The molecule has 0 heterocycles. The molecule has 2 rings (SSSR count). The topological polar surface area (TPSA) is 71.5 Å². The molecule has 0 atom stereocenters. The van der Waals surface area contributed by atoms with Crippen molar-refractivity contribution in [2.24, 2.45) is 0 Å². The second-order valence-electron chi connectivity index (χ2n) is 5.58. The third-order valence-corrected chi connectivity index (χ3v) is 6.33. The van der Waals surface area contributed by atoms with Crippen molar-refractivity contribution in [3.05, 3.63) is 78.5 Å². The Hall–Kier alpha value is -2.56. The molecular formula is C19H19NO4S2. The number of hydrogen-bond acceptors (Lipinski definition) is 4. The maximum Gasteiger partial charge on any atom is 0.232 e. The minimum absolute atomic E-state index is 0.0429. The molecule has 0 aliphatic rings. The lowest BCUT2D eigenvalue weighted by atomic mass is 10.2. The molecule has 0 unspecified atom stereocenters. The Labute approximate surface area is 154 Å². The SMILES string of the molecule is C=C(CS(=O)(=O)c1ccccc1)N(CC#Cc1ccccc1)S(C)(=O)=O. The van der Waals surface area contributed by atoms with Crippen molar-refractivity contribution >= 4 is 19.9 Å². The van der Waals surface area contributed by atoms with Crippen molar-refractivity contribution in [2.45, 2.75) is 4.90 Å². The van der Waals surface area contributed by atoms with Gasteiger partial charge in [-0.15, -0.1) is 0 Å². The number of nitrogens with zero attached hydrogens (tertiary/aromatic N) is 1. The van der Waals surface area contributed by atoms with Crippen LogP contribution in [-0.4, -0.2) is 39.7 Å². The van der Waals surface area contributed by atoms with Crippen LogP contribution in [0.15, 0.2) is 77.8 Å². The van der Waals surface area contributed by atoms with E-state index in [0.29, 0.717) is 0 Å². The quantitative estimate of drug-likeness (QED) is 0.711. The van der Waals surface area contributed by atoms with E-state index in [9.17, 15) is 16.8 Å². The van der Waals surface area contributed by atoms with Crippen LogP contribution in [0, 0.1) is 11.8 Å². The Bertz CT molecular complexity index is 1030. The second-order valence-corrected chi connectivity index (χ2v) is 9.47. The summed E-state index contributed by atoms with van der Waals surface area (Å²) >= 11 is 0. The lowest BCUT2D eigenvalue weighted by Gasteiger charge is -2.22. The van der Waals surface area contributed by atoms with Gasteiger partial charge in [0.25, 0.3) is 0 Å². The summed E-state index contributed by atoms with van der Waals surface area (Å²) < 4.78 is 49.9. The molecule has 0 bridgehead atoms. The Kier molecular flexibility index (Phi) is 6.24. The minimum atomic E-state index is -3.71. The molecule has 136 valence electrons. The smallest absolute Gasteiger partial charge is 0.232 e. The van der Waals surface area contributed by atoms with Gasteiger partial charge in [0, 0.05) is 11.3 Å². The van der Waals surface area contributed by atoms with Crippen LogP contribution in [0.25, 0.3) is 0 Å². The lowest BCUT2D eigenvalue weighted by Crippen LogP contribution is -2.32. The molecular weight excluding hydrogens is 370 g/mol. The minimum Gasteiger partial charge on any atom is -0.262 e. The summed E-state index contributed by atoms with van der Waals surface area (Å²) in [6.07, 6.45) is 0.998. The highest BCUT2D eigenvalue weighted by molar-refractivity contribution is 7.91. The van der Waals surface area contributed by atoms with Crippen molar-refractivity contribution in [3.8, 4) is 11.8 Å². The Morgan fingerprint density at radius 3 is 2.04 bits per heavy atom. The highest BCUT2D eigenvalue weighted by atomic mass is 32.2. The molecule has 0 spiro atoms. The average Bonchev–Trinajstić information content (AvgIpc) is 2.59. The first-order chi connectivity index (χ1) is 12.2. The van der Waals surface area contributed by atoms with Crippen LogP contribution in [0.4, 0.5) is 0 Å². The summed E-state index contributed by atoms with van der Waals surface area (Å²) in [7, 11) is -7.40. The van der Waals surface area contributed by atoms with Gasteiger partial charge in [-0.3, -0.25) is 4.31 Å². The van der Waals surface area contributed by atoms with E-state index >= 15 is 0 Å². The van der Waals surface area contributed by atoms with Gasteiger partial charge in [0.15, 0.2) is 9.84 Å². The molecule has 0 saturated heterocycles. The van der Waals surface area contributed by atoms with E-state index in [1.54, 1.807) is 30.3 Å². The van der Waals surface area contributed by atoms with Crippen molar-refractivity contribution in [3.63, 3.8) is 0 Å². The Balaban J connectivity index is 2.20. The molecule has 0 aliphatic heterocycles. The molecule has 0 saturated carbocycles. The number of rotatable bonds is 6. The number of sulfonamides is 1. The Morgan fingerprint density at radius 1 is 0.962 bits per heavy atom. The highest BCUT2D eigenvalue weighted by Crippen LogP contribution is 2.16. The van der Waals surface area contributed by atoms with E-state index < -0.39 is 25.6 Å². The van der Waals surface area contributed by atoms with Crippen molar-refractivity contribution in [2.75, 3.05) is 18.6 Å². The second kappa shape index (κ2) is 8.21. The zero-order chi connectivity index (χ0) is 19.2. The number of sulfone groups is 1. The maximum atomic E-state index is 12.5. The summed E-state index contributed by atoms with van der Waals surface area (Å²) in [4.78, 5) is 0.116. The molecule has 2 aromatic carbocycles. The van der Waals surface area contributed by atoms with Gasteiger partial charge in [-0.2, -0.15) is 0 Å². The van der Waals surface area contributed by atoms with Gasteiger partial charge in [-0.05, 0) is 24.3 Å². The molecule has 26 heavy (non-hydrogen) atoms. The fourth-order valence-electron chi connectivity index (χ4n) is 2.20. The van der Waals surface area contributed by atoms with Crippen LogP contribution in [0.1, 0.15) is 5.56 Å². The Morgan fingerprint density at radius 2 is 1.50 bits per heavy atom. The summed E-state index contributed by atoms with van der Waals surface area (Å²) in [5.41, 5.74) is 0.696.